The molecule has 7 heteroatoms. The maximum atomic E-state index is 12.4. The first-order chi connectivity index (χ1) is 12.5. The molecular weight excluding hydrogens is 334 g/mol. The van der Waals surface area contributed by atoms with Crippen molar-refractivity contribution in [3.63, 3.8) is 0 Å². The Morgan fingerprint density at radius 2 is 2.00 bits per heavy atom. The van der Waals surface area contributed by atoms with Gasteiger partial charge in [0.1, 0.15) is 11.3 Å². The molecule has 3 aromatic rings. The predicted molar refractivity (Wildman–Crippen MR) is 98.3 cm³/mol. The zero-order valence-electron chi connectivity index (χ0n) is 14.5. The van der Waals surface area contributed by atoms with Gasteiger partial charge >= 0.3 is 5.69 Å². The third-order valence-electron chi connectivity index (χ3n) is 4.07. The molecule has 0 aliphatic heterocycles. The average molecular weight is 353 g/mol. The van der Waals surface area contributed by atoms with Gasteiger partial charge in [0.05, 0.1) is 24.2 Å². The van der Waals surface area contributed by atoms with E-state index < -0.39 is 17.1 Å². The number of aliphatic imine (C=N–C) groups is 1. The SMILES string of the molecule is CCC(=NCc1ccco1)c1c(O)n(-c2ccccc2C)c(=O)[nH]c1=O. The number of hydrogen-bond donors (Lipinski definition) is 2. The van der Waals surface area contributed by atoms with Gasteiger partial charge in [0.2, 0.25) is 5.88 Å². The van der Waals surface area contributed by atoms with Crippen LogP contribution < -0.4 is 11.2 Å². The molecule has 0 amide bonds. The largest absolute Gasteiger partial charge is 0.493 e. The zero-order valence-corrected chi connectivity index (χ0v) is 14.5. The third kappa shape index (κ3) is 3.23. The Labute approximate surface area is 149 Å². The van der Waals surface area contributed by atoms with Crippen molar-refractivity contribution in [2.24, 2.45) is 4.99 Å². The molecule has 0 aliphatic rings. The van der Waals surface area contributed by atoms with E-state index in [0.717, 1.165) is 10.1 Å². The number of nitrogens with zero attached hydrogens (tertiary/aromatic N) is 2. The maximum absolute atomic E-state index is 12.4. The number of aromatic amines is 1. The molecule has 0 bridgehead atoms. The lowest BCUT2D eigenvalue weighted by atomic mass is 10.1. The summed E-state index contributed by atoms with van der Waals surface area (Å²) in [4.78, 5) is 31.3. The van der Waals surface area contributed by atoms with Gasteiger partial charge < -0.3 is 9.52 Å². The number of hydrogen-bond acceptors (Lipinski definition) is 5. The summed E-state index contributed by atoms with van der Waals surface area (Å²) in [5.74, 6) is 0.215. The summed E-state index contributed by atoms with van der Waals surface area (Å²) in [5, 5.41) is 10.7. The molecular formula is C19H19N3O4. The number of aromatic hydroxyl groups is 1. The van der Waals surface area contributed by atoms with Crippen LogP contribution in [0.5, 0.6) is 5.88 Å². The van der Waals surface area contributed by atoms with E-state index in [1.807, 2.05) is 26.0 Å². The first kappa shape index (κ1) is 17.5. The summed E-state index contributed by atoms with van der Waals surface area (Å²) in [6, 6.07) is 10.6. The summed E-state index contributed by atoms with van der Waals surface area (Å²) < 4.78 is 6.33. The molecule has 7 nitrogen and oxygen atoms in total. The number of aromatic nitrogens is 2. The number of para-hydroxylation sites is 1. The van der Waals surface area contributed by atoms with Crippen molar-refractivity contribution < 1.29 is 9.52 Å². The van der Waals surface area contributed by atoms with Crippen LogP contribution in [0.25, 0.3) is 5.69 Å². The van der Waals surface area contributed by atoms with Crippen molar-refractivity contribution in [1.29, 1.82) is 0 Å². The molecule has 1 aromatic carbocycles. The van der Waals surface area contributed by atoms with E-state index in [9.17, 15) is 14.7 Å². The van der Waals surface area contributed by atoms with Crippen LogP contribution in [0, 0.1) is 6.92 Å². The highest BCUT2D eigenvalue weighted by molar-refractivity contribution is 6.02. The fourth-order valence-corrected chi connectivity index (χ4v) is 2.77. The van der Waals surface area contributed by atoms with Gasteiger partial charge in [-0.2, -0.15) is 0 Å². The van der Waals surface area contributed by atoms with Gasteiger partial charge in [-0.3, -0.25) is 14.8 Å². The van der Waals surface area contributed by atoms with Gasteiger partial charge in [-0.05, 0) is 37.1 Å². The number of rotatable bonds is 5. The lowest BCUT2D eigenvalue weighted by Crippen LogP contribution is -2.33. The van der Waals surface area contributed by atoms with Gasteiger partial charge in [0.25, 0.3) is 5.56 Å². The molecule has 0 fully saturated rings. The Hall–Kier alpha value is -3.35. The highest BCUT2D eigenvalue weighted by Crippen LogP contribution is 2.20. The van der Waals surface area contributed by atoms with E-state index >= 15 is 0 Å². The second-order valence-corrected chi connectivity index (χ2v) is 5.78. The first-order valence-corrected chi connectivity index (χ1v) is 8.23. The summed E-state index contributed by atoms with van der Waals surface area (Å²) in [5.41, 5.74) is 0.288. The van der Waals surface area contributed by atoms with Crippen molar-refractivity contribution >= 4 is 5.71 Å². The van der Waals surface area contributed by atoms with Crippen LogP contribution in [0.4, 0.5) is 0 Å². The molecule has 0 aliphatic carbocycles. The molecule has 0 radical (unpaired) electrons. The number of aryl methyl sites for hydroxylation is 1. The van der Waals surface area contributed by atoms with Crippen LogP contribution in [0.15, 0.2) is 61.7 Å². The summed E-state index contributed by atoms with van der Waals surface area (Å²) >= 11 is 0. The minimum absolute atomic E-state index is 0.0121. The average Bonchev–Trinajstić information content (AvgIpc) is 3.12. The quantitative estimate of drug-likeness (QED) is 0.688. The first-order valence-electron chi connectivity index (χ1n) is 8.23. The van der Waals surface area contributed by atoms with E-state index in [1.165, 1.54) is 0 Å². The second kappa shape index (κ2) is 7.26. The fourth-order valence-electron chi connectivity index (χ4n) is 2.77. The predicted octanol–water partition coefficient (Wildman–Crippen LogP) is 2.53. The van der Waals surface area contributed by atoms with Crippen LogP contribution >= 0.6 is 0 Å². The Balaban J connectivity index is 2.17. The molecule has 134 valence electrons. The lowest BCUT2D eigenvalue weighted by Gasteiger charge is -2.14. The normalized spacial score (nSPS) is 11.7. The Bertz CT molecular complexity index is 1060. The fraction of sp³-hybridized carbons (Fsp3) is 0.211. The van der Waals surface area contributed by atoms with E-state index in [1.54, 1.807) is 30.5 Å². The molecule has 3 rings (SSSR count). The molecule has 0 saturated carbocycles. The lowest BCUT2D eigenvalue weighted by molar-refractivity contribution is 0.429. The molecule has 26 heavy (non-hydrogen) atoms. The van der Waals surface area contributed by atoms with Crippen molar-refractivity contribution in [2.45, 2.75) is 26.8 Å². The van der Waals surface area contributed by atoms with Crippen LogP contribution in [0.1, 0.15) is 30.2 Å². The van der Waals surface area contributed by atoms with Gasteiger partial charge in [0, 0.05) is 0 Å². The topological polar surface area (TPSA) is 101 Å². The van der Waals surface area contributed by atoms with Crippen molar-refractivity contribution in [3.05, 3.63) is 80.4 Å². The molecule has 0 spiro atoms. The summed E-state index contributed by atoms with van der Waals surface area (Å²) in [7, 11) is 0. The van der Waals surface area contributed by atoms with Gasteiger partial charge in [0.15, 0.2) is 0 Å². The minimum Gasteiger partial charge on any atom is -0.493 e. The van der Waals surface area contributed by atoms with E-state index in [-0.39, 0.29) is 12.1 Å². The number of nitrogens with one attached hydrogen (secondary N) is 1. The Morgan fingerprint density at radius 1 is 1.23 bits per heavy atom. The van der Waals surface area contributed by atoms with Gasteiger partial charge in [-0.1, -0.05) is 25.1 Å². The van der Waals surface area contributed by atoms with E-state index in [2.05, 4.69) is 9.98 Å². The molecule has 2 heterocycles. The molecule has 0 saturated heterocycles. The smallest absolute Gasteiger partial charge is 0.335 e. The van der Waals surface area contributed by atoms with Crippen molar-refractivity contribution in [2.75, 3.05) is 0 Å². The van der Waals surface area contributed by atoms with Gasteiger partial charge in [-0.25, -0.2) is 9.36 Å². The molecule has 0 unspecified atom stereocenters. The highest BCUT2D eigenvalue weighted by atomic mass is 16.3. The number of benzene rings is 1. The third-order valence-corrected chi connectivity index (χ3v) is 4.07. The van der Waals surface area contributed by atoms with E-state index in [0.29, 0.717) is 23.6 Å². The molecule has 2 aromatic heterocycles. The van der Waals surface area contributed by atoms with Crippen molar-refractivity contribution in [3.8, 4) is 11.6 Å². The van der Waals surface area contributed by atoms with Crippen LogP contribution in [0.2, 0.25) is 0 Å². The highest BCUT2D eigenvalue weighted by Gasteiger charge is 2.20. The minimum atomic E-state index is -0.702. The second-order valence-electron chi connectivity index (χ2n) is 5.78. The number of furan rings is 1. The Morgan fingerprint density at radius 3 is 2.65 bits per heavy atom. The standard InChI is InChI=1S/C19H19N3O4/c1-3-14(20-11-13-8-6-10-26-13)16-17(23)21-19(25)22(18(16)24)15-9-5-4-7-12(15)2/h4-10,24H,3,11H2,1-2H3,(H,21,23,25). The Kier molecular flexibility index (Phi) is 4.88. The van der Waals surface area contributed by atoms with Crippen LogP contribution in [0.3, 0.4) is 0 Å². The molecule has 0 atom stereocenters. The van der Waals surface area contributed by atoms with Crippen LogP contribution in [-0.2, 0) is 6.54 Å². The summed E-state index contributed by atoms with van der Waals surface area (Å²) in [6.07, 6.45) is 1.95. The molecule has 2 N–H and O–H groups in total. The van der Waals surface area contributed by atoms with Gasteiger partial charge in [-0.15, -0.1) is 0 Å². The maximum Gasteiger partial charge on any atom is 0.335 e. The van der Waals surface area contributed by atoms with Crippen LogP contribution in [-0.4, -0.2) is 20.4 Å². The zero-order chi connectivity index (χ0) is 18.7. The van der Waals surface area contributed by atoms with E-state index in [4.69, 9.17) is 4.42 Å². The summed E-state index contributed by atoms with van der Waals surface area (Å²) in [6.45, 7) is 3.87. The monoisotopic (exact) mass is 353 g/mol. The number of H-pyrrole nitrogens is 1. The van der Waals surface area contributed by atoms with Crippen molar-refractivity contribution in [1.82, 2.24) is 9.55 Å².